The molecule has 1 fully saturated rings. The van der Waals surface area contributed by atoms with E-state index in [2.05, 4.69) is 0 Å². The van der Waals surface area contributed by atoms with E-state index in [1.54, 1.807) is 36.4 Å². The Morgan fingerprint density at radius 2 is 1.13 bits per heavy atom. The Balaban J connectivity index is 1.70. The first kappa shape index (κ1) is 22.6. The van der Waals surface area contributed by atoms with E-state index in [9.17, 15) is 9.59 Å². The summed E-state index contributed by atoms with van der Waals surface area (Å²) in [4.78, 5) is 25.5. The molecule has 8 nitrogen and oxygen atoms in total. The van der Waals surface area contributed by atoms with Gasteiger partial charge in [0.15, 0.2) is 0 Å². The minimum atomic E-state index is -0.586. The van der Waals surface area contributed by atoms with Gasteiger partial charge >= 0.3 is 11.9 Å². The Morgan fingerprint density at radius 3 is 1.48 bits per heavy atom. The first-order chi connectivity index (χ1) is 15.0. The molecule has 0 aromatic heterocycles. The summed E-state index contributed by atoms with van der Waals surface area (Å²) in [6.45, 7) is 0. The van der Waals surface area contributed by atoms with E-state index in [-0.39, 0.29) is 11.1 Å². The quantitative estimate of drug-likeness (QED) is 0.565. The Morgan fingerprint density at radius 1 is 0.710 bits per heavy atom. The molecule has 1 aliphatic rings. The van der Waals surface area contributed by atoms with Gasteiger partial charge in [0.2, 0.25) is 0 Å². The predicted molar refractivity (Wildman–Crippen MR) is 115 cm³/mol. The maximum atomic E-state index is 12.7. The van der Waals surface area contributed by atoms with Crippen molar-refractivity contribution in [3.63, 3.8) is 0 Å². The lowest BCUT2D eigenvalue weighted by Gasteiger charge is -2.21. The van der Waals surface area contributed by atoms with Crippen LogP contribution in [-0.2, 0) is 9.47 Å². The van der Waals surface area contributed by atoms with Crippen molar-refractivity contribution in [1.82, 2.24) is 0 Å². The highest BCUT2D eigenvalue weighted by molar-refractivity contribution is 7.99. The molecule has 2 atom stereocenters. The Hall–Kier alpha value is -3.07. The van der Waals surface area contributed by atoms with E-state index in [0.29, 0.717) is 34.5 Å². The van der Waals surface area contributed by atoms with Crippen LogP contribution in [0.3, 0.4) is 0 Å². The van der Waals surface area contributed by atoms with Gasteiger partial charge in [0, 0.05) is 23.6 Å². The minimum absolute atomic E-state index is 0.266. The standard InChI is InChI=1S/C22H24O8S/c1-25-13-5-7-15(17(9-13)27-3)21(23)29-19-11-31-12-20(19)30-22(24)16-8-6-14(26-2)10-18(16)28-4/h5-10,19-20H,11-12H2,1-4H3/t19-,20+. The summed E-state index contributed by atoms with van der Waals surface area (Å²) in [6.07, 6.45) is -1.17. The molecule has 3 rings (SSSR count). The van der Waals surface area contributed by atoms with Crippen molar-refractivity contribution in [2.45, 2.75) is 12.2 Å². The van der Waals surface area contributed by atoms with Gasteiger partial charge in [-0.3, -0.25) is 0 Å². The van der Waals surface area contributed by atoms with Crippen molar-refractivity contribution in [2.24, 2.45) is 0 Å². The molecule has 0 radical (unpaired) electrons. The van der Waals surface area contributed by atoms with Gasteiger partial charge in [0.05, 0.1) is 28.4 Å². The first-order valence-electron chi connectivity index (χ1n) is 9.44. The number of esters is 2. The lowest BCUT2D eigenvalue weighted by Crippen LogP contribution is -2.34. The van der Waals surface area contributed by atoms with E-state index in [1.165, 1.54) is 40.2 Å². The van der Waals surface area contributed by atoms with Crippen LogP contribution >= 0.6 is 11.8 Å². The third-order valence-electron chi connectivity index (χ3n) is 4.75. The van der Waals surface area contributed by atoms with Crippen molar-refractivity contribution in [3.05, 3.63) is 47.5 Å². The van der Waals surface area contributed by atoms with Crippen LogP contribution in [0.4, 0.5) is 0 Å². The van der Waals surface area contributed by atoms with E-state index >= 15 is 0 Å². The van der Waals surface area contributed by atoms with Gasteiger partial charge in [-0.2, -0.15) is 11.8 Å². The number of hydrogen-bond donors (Lipinski definition) is 0. The molecule has 1 saturated heterocycles. The predicted octanol–water partition coefficient (Wildman–Crippen LogP) is 3.22. The van der Waals surface area contributed by atoms with Crippen LogP contribution in [0, 0.1) is 0 Å². The minimum Gasteiger partial charge on any atom is -0.497 e. The van der Waals surface area contributed by atoms with Crippen LogP contribution < -0.4 is 18.9 Å². The topological polar surface area (TPSA) is 89.5 Å². The van der Waals surface area contributed by atoms with Gasteiger partial charge < -0.3 is 28.4 Å². The van der Waals surface area contributed by atoms with Crippen LogP contribution in [0.15, 0.2) is 36.4 Å². The fourth-order valence-corrected chi connectivity index (χ4v) is 4.24. The fraction of sp³-hybridized carbons (Fsp3) is 0.364. The number of rotatable bonds is 8. The van der Waals surface area contributed by atoms with Crippen LogP contribution in [0.1, 0.15) is 20.7 Å². The zero-order valence-corrected chi connectivity index (χ0v) is 18.5. The summed E-state index contributed by atoms with van der Waals surface area (Å²) in [6, 6.07) is 9.66. The van der Waals surface area contributed by atoms with E-state index < -0.39 is 24.1 Å². The molecule has 166 valence electrons. The molecule has 0 aliphatic carbocycles. The van der Waals surface area contributed by atoms with Crippen molar-refractivity contribution >= 4 is 23.7 Å². The molecular weight excluding hydrogens is 424 g/mol. The fourth-order valence-electron chi connectivity index (χ4n) is 3.07. The van der Waals surface area contributed by atoms with E-state index in [4.69, 9.17) is 28.4 Å². The number of methoxy groups -OCH3 is 4. The number of thioether (sulfide) groups is 1. The summed E-state index contributed by atoms with van der Waals surface area (Å²) < 4.78 is 32.1. The van der Waals surface area contributed by atoms with Gasteiger partial charge in [-0.15, -0.1) is 0 Å². The van der Waals surface area contributed by atoms with Crippen LogP contribution in [-0.4, -0.2) is 64.1 Å². The Bertz CT molecular complexity index is 870. The molecule has 1 heterocycles. The van der Waals surface area contributed by atoms with Crippen LogP contribution in [0.25, 0.3) is 0 Å². The summed E-state index contributed by atoms with van der Waals surface area (Å²) in [5.41, 5.74) is 0.532. The maximum Gasteiger partial charge on any atom is 0.342 e. The molecule has 0 unspecified atom stereocenters. The van der Waals surface area contributed by atoms with E-state index in [1.807, 2.05) is 0 Å². The maximum absolute atomic E-state index is 12.7. The Labute approximate surface area is 184 Å². The molecule has 0 N–H and O–H groups in total. The molecule has 1 aliphatic heterocycles. The summed E-state index contributed by atoms with van der Waals surface area (Å²) in [7, 11) is 5.98. The smallest absolute Gasteiger partial charge is 0.342 e. The first-order valence-corrected chi connectivity index (χ1v) is 10.6. The molecule has 9 heteroatoms. The van der Waals surface area contributed by atoms with Gasteiger partial charge in [-0.05, 0) is 24.3 Å². The molecule has 0 bridgehead atoms. The zero-order valence-electron chi connectivity index (χ0n) is 17.7. The molecule has 2 aromatic carbocycles. The van der Waals surface area contributed by atoms with Crippen molar-refractivity contribution in [3.8, 4) is 23.0 Å². The Kier molecular flexibility index (Phi) is 7.51. The zero-order chi connectivity index (χ0) is 22.4. The van der Waals surface area contributed by atoms with Gasteiger partial charge in [-0.25, -0.2) is 9.59 Å². The second-order valence-corrected chi connectivity index (χ2v) is 7.63. The van der Waals surface area contributed by atoms with Crippen LogP contribution in [0.5, 0.6) is 23.0 Å². The molecule has 0 spiro atoms. The number of benzene rings is 2. The van der Waals surface area contributed by atoms with Gasteiger partial charge in [0.1, 0.15) is 46.3 Å². The number of carbonyl (C=O) groups excluding carboxylic acids is 2. The summed E-state index contributed by atoms with van der Waals surface area (Å²) in [5.74, 6) is 1.71. The third-order valence-corrected chi connectivity index (χ3v) is 5.88. The second-order valence-electron chi connectivity index (χ2n) is 6.56. The lowest BCUT2D eigenvalue weighted by molar-refractivity contribution is -0.0179. The average Bonchev–Trinajstić information content (AvgIpc) is 3.23. The average molecular weight is 448 g/mol. The lowest BCUT2D eigenvalue weighted by atomic mass is 10.1. The summed E-state index contributed by atoms with van der Waals surface area (Å²) in [5, 5.41) is 0. The highest BCUT2D eigenvalue weighted by atomic mass is 32.2. The number of carbonyl (C=O) groups is 2. The number of hydrogen-bond acceptors (Lipinski definition) is 9. The van der Waals surface area contributed by atoms with Crippen molar-refractivity contribution < 1.29 is 38.0 Å². The highest BCUT2D eigenvalue weighted by Gasteiger charge is 2.35. The third kappa shape index (κ3) is 5.16. The highest BCUT2D eigenvalue weighted by Crippen LogP contribution is 2.31. The van der Waals surface area contributed by atoms with Crippen LogP contribution in [0.2, 0.25) is 0 Å². The van der Waals surface area contributed by atoms with Crippen molar-refractivity contribution in [1.29, 1.82) is 0 Å². The van der Waals surface area contributed by atoms with Gasteiger partial charge in [0.25, 0.3) is 0 Å². The SMILES string of the molecule is COc1ccc(C(=O)O[C@H]2CSC[C@H]2OC(=O)c2ccc(OC)cc2OC)c(OC)c1. The van der Waals surface area contributed by atoms with Gasteiger partial charge in [-0.1, -0.05) is 0 Å². The van der Waals surface area contributed by atoms with E-state index in [0.717, 1.165) is 0 Å². The molecule has 2 aromatic rings. The second kappa shape index (κ2) is 10.3. The van der Waals surface area contributed by atoms with Crippen molar-refractivity contribution in [2.75, 3.05) is 39.9 Å². The molecular formula is C22H24O8S. The monoisotopic (exact) mass is 448 g/mol. The normalized spacial score (nSPS) is 17.5. The summed E-state index contributed by atoms with van der Waals surface area (Å²) >= 11 is 1.54. The largest absolute Gasteiger partial charge is 0.497 e. The molecule has 0 amide bonds. The number of ether oxygens (including phenoxy) is 6. The molecule has 0 saturated carbocycles. The molecule has 31 heavy (non-hydrogen) atoms.